The second kappa shape index (κ2) is 4.57. The third kappa shape index (κ3) is 1.90. The zero-order valence-corrected chi connectivity index (χ0v) is 9.98. The molecule has 0 radical (unpaired) electrons. The van der Waals surface area contributed by atoms with Crippen LogP contribution < -0.4 is 4.90 Å². The fourth-order valence-corrected chi connectivity index (χ4v) is 2.65. The van der Waals surface area contributed by atoms with Crippen LogP contribution in [0.2, 0.25) is 0 Å². The van der Waals surface area contributed by atoms with Gasteiger partial charge in [-0.25, -0.2) is 0 Å². The minimum absolute atomic E-state index is 0.623. The van der Waals surface area contributed by atoms with Crippen LogP contribution in [0.4, 0.5) is 5.69 Å². The number of nitriles is 1. The molecule has 1 saturated heterocycles. The molecule has 2 rings (SSSR count). The lowest BCUT2D eigenvalue weighted by atomic mass is 10.1. The Morgan fingerprint density at radius 3 is 2.56 bits per heavy atom. The van der Waals surface area contributed by atoms with E-state index in [1.807, 2.05) is 12.1 Å². The average Bonchev–Trinajstić information content (AvgIpc) is 2.70. The average molecular weight is 214 g/mol. The number of nitrogens with zero attached hydrogens (tertiary/aromatic N) is 2. The lowest BCUT2D eigenvalue weighted by molar-refractivity contribution is 0.628. The maximum atomic E-state index is 8.78. The van der Waals surface area contributed by atoms with Gasteiger partial charge in [-0.15, -0.1) is 0 Å². The van der Waals surface area contributed by atoms with Gasteiger partial charge in [-0.1, -0.05) is 6.92 Å². The molecule has 16 heavy (non-hydrogen) atoms. The van der Waals surface area contributed by atoms with Gasteiger partial charge in [0.2, 0.25) is 0 Å². The van der Waals surface area contributed by atoms with E-state index in [2.05, 4.69) is 36.9 Å². The SMILES string of the molecule is CCC1CCC(C)N1c1ccc(C#N)cc1. The molecule has 0 aliphatic carbocycles. The van der Waals surface area contributed by atoms with Gasteiger partial charge in [0.05, 0.1) is 11.6 Å². The number of rotatable bonds is 2. The number of benzene rings is 1. The first-order chi connectivity index (χ1) is 7.76. The summed E-state index contributed by atoms with van der Waals surface area (Å²) in [7, 11) is 0. The van der Waals surface area contributed by atoms with E-state index in [4.69, 9.17) is 5.26 Å². The first kappa shape index (κ1) is 11.0. The highest BCUT2D eigenvalue weighted by atomic mass is 15.2. The molecule has 0 amide bonds. The summed E-state index contributed by atoms with van der Waals surface area (Å²) in [6.45, 7) is 4.53. The van der Waals surface area contributed by atoms with E-state index in [-0.39, 0.29) is 0 Å². The Morgan fingerprint density at radius 1 is 1.31 bits per heavy atom. The van der Waals surface area contributed by atoms with Gasteiger partial charge in [0, 0.05) is 17.8 Å². The molecule has 0 aromatic heterocycles. The predicted octanol–water partition coefficient (Wildman–Crippen LogP) is 3.33. The lowest BCUT2D eigenvalue weighted by Gasteiger charge is -2.30. The first-order valence-electron chi connectivity index (χ1n) is 6.04. The minimum atomic E-state index is 0.623. The highest BCUT2D eigenvalue weighted by molar-refractivity contribution is 5.52. The van der Waals surface area contributed by atoms with E-state index in [1.165, 1.54) is 24.9 Å². The zero-order chi connectivity index (χ0) is 11.5. The molecule has 1 aromatic carbocycles. The monoisotopic (exact) mass is 214 g/mol. The summed E-state index contributed by atoms with van der Waals surface area (Å²) in [6.07, 6.45) is 3.76. The Bertz CT molecular complexity index is 388. The molecule has 2 nitrogen and oxygen atoms in total. The zero-order valence-electron chi connectivity index (χ0n) is 9.98. The lowest BCUT2D eigenvalue weighted by Crippen LogP contribution is -2.33. The van der Waals surface area contributed by atoms with Crippen molar-refractivity contribution in [1.29, 1.82) is 5.26 Å². The molecule has 1 fully saturated rings. The van der Waals surface area contributed by atoms with Crippen molar-refractivity contribution in [3.63, 3.8) is 0 Å². The Balaban J connectivity index is 2.25. The van der Waals surface area contributed by atoms with Crippen molar-refractivity contribution in [2.45, 2.75) is 45.2 Å². The van der Waals surface area contributed by atoms with Gasteiger partial charge in [-0.05, 0) is 50.5 Å². The maximum absolute atomic E-state index is 8.78. The van der Waals surface area contributed by atoms with Crippen molar-refractivity contribution >= 4 is 5.69 Å². The van der Waals surface area contributed by atoms with Crippen LogP contribution in [0.1, 0.15) is 38.7 Å². The summed E-state index contributed by atoms with van der Waals surface area (Å²) >= 11 is 0. The Kier molecular flexibility index (Phi) is 3.14. The van der Waals surface area contributed by atoms with Gasteiger partial charge in [0.25, 0.3) is 0 Å². The van der Waals surface area contributed by atoms with Crippen LogP contribution in [-0.2, 0) is 0 Å². The summed E-state index contributed by atoms with van der Waals surface area (Å²) in [5.74, 6) is 0. The second-order valence-corrected chi connectivity index (χ2v) is 4.55. The molecule has 2 unspecified atom stereocenters. The van der Waals surface area contributed by atoms with Crippen molar-refractivity contribution in [1.82, 2.24) is 0 Å². The minimum Gasteiger partial charge on any atom is -0.366 e. The first-order valence-corrected chi connectivity index (χ1v) is 6.04. The smallest absolute Gasteiger partial charge is 0.0991 e. The summed E-state index contributed by atoms with van der Waals surface area (Å²) in [5.41, 5.74) is 2.00. The third-order valence-corrected chi connectivity index (χ3v) is 3.55. The summed E-state index contributed by atoms with van der Waals surface area (Å²) in [5, 5.41) is 8.78. The van der Waals surface area contributed by atoms with E-state index < -0.39 is 0 Å². The molecule has 2 heteroatoms. The maximum Gasteiger partial charge on any atom is 0.0991 e. The fourth-order valence-electron chi connectivity index (χ4n) is 2.65. The van der Waals surface area contributed by atoms with Crippen LogP contribution in [-0.4, -0.2) is 12.1 Å². The van der Waals surface area contributed by atoms with Crippen LogP contribution in [0, 0.1) is 11.3 Å². The quantitative estimate of drug-likeness (QED) is 0.755. The molecule has 0 N–H and O–H groups in total. The second-order valence-electron chi connectivity index (χ2n) is 4.55. The van der Waals surface area contributed by atoms with Crippen LogP contribution in [0.15, 0.2) is 24.3 Å². The van der Waals surface area contributed by atoms with Crippen molar-refractivity contribution in [3.05, 3.63) is 29.8 Å². The molecule has 0 spiro atoms. The van der Waals surface area contributed by atoms with Crippen LogP contribution in [0.25, 0.3) is 0 Å². The normalized spacial score (nSPS) is 24.4. The molecular weight excluding hydrogens is 196 g/mol. The van der Waals surface area contributed by atoms with Crippen LogP contribution in [0.3, 0.4) is 0 Å². The van der Waals surface area contributed by atoms with Crippen LogP contribution in [0.5, 0.6) is 0 Å². The largest absolute Gasteiger partial charge is 0.366 e. The fraction of sp³-hybridized carbons (Fsp3) is 0.500. The van der Waals surface area contributed by atoms with E-state index in [1.54, 1.807) is 0 Å². The Morgan fingerprint density at radius 2 is 2.00 bits per heavy atom. The topological polar surface area (TPSA) is 27.0 Å². The summed E-state index contributed by atoms with van der Waals surface area (Å²) in [6, 6.07) is 11.4. The van der Waals surface area contributed by atoms with Crippen LogP contribution >= 0.6 is 0 Å². The van der Waals surface area contributed by atoms with Gasteiger partial charge >= 0.3 is 0 Å². The van der Waals surface area contributed by atoms with Gasteiger partial charge in [0.15, 0.2) is 0 Å². The van der Waals surface area contributed by atoms with E-state index >= 15 is 0 Å². The summed E-state index contributed by atoms with van der Waals surface area (Å²) < 4.78 is 0. The van der Waals surface area contributed by atoms with Gasteiger partial charge < -0.3 is 4.90 Å². The molecule has 1 aliphatic heterocycles. The molecule has 0 saturated carbocycles. The molecule has 0 bridgehead atoms. The number of hydrogen-bond donors (Lipinski definition) is 0. The number of hydrogen-bond acceptors (Lipinski definition) is 2. The highest BCUT2D eigenvalue weighted by Crippen LogP contribution is 2.31. The number of anilines is 1. The predicted molar refractivity (Wildman–Crippen MR) is 66.4 cm³/mol. The Hall–Kier alpha value is -1.49. The molecule has 84 valence electrons. The summed E-state index contributed by atoms with van der Waals surface area (Å²) in [4.78, 5) is 2.50. The van der Waals surface area contributed by atoms with Crippen molar-refractivity contribution < 1.29 is 0 Å². The standard InChI is InChI=1S/C14H18N2/c1-3-13-7-4-11(2)16(13)14-8-5-12(10-15)6-9-14/h5-6,8-9,11,13H,3-4,7H2,1-2H3. The van der Waals surface area contributed by atoms with Gasteiger partial charge in [0.1, 0.15) is 0 Å². The Labute approximate surface area is 97.5 Å². The molecule has 1 heterocycles. The van der Waals surface area contributed by atoms with Crippen molar-refractivity contribution in [2.75, 3.05) is 4.90 Å². The molecule has 1 aliphatic rings. The van der Waals surface area contributed by atoms with Crippen molar-refractivity contribution in [2.24, 2.45) is 0 Å². The van der Waals surface area contributed by atoms with Gasteiger partial charge in [-0.3, -0.25) is 0 Å². The van der Waals surface area contributed by atoms with E-state index in [0.29, 0.717) is 12.1 Å². The molecule has 2 atom stereocenters. The van der Waals surface area contributed by atoms with Gasteiger partial charge in [-0.2, -0.15) is 5.26 Å². The third-order valence-electron chi connectivity index (χ3n) is 3.55. The molecular formula is C14H18N2. The van der Waals surface area contributed by atoms with E-state index in [0.717, 1.165) is 5.56 Å². The van der Waals surface area contributed by atoms with E-state index in [9.17, 15) is 0 Å². The molecule has 1 aromatic rings. The van der Waals surface area contributed by atoms with Crippen molar-refractivity contribution in [3.8, 4) is 6.07 Å². The highest BCUT2D eigenvalue weighted by Gasteiger charge is 2.29.